The predicted molar refractivity (Wildman–Crippen MR) is 108 cm³/mol. The fourth-order valence-corrected chi connectivity index (χ4v) is 3.24. The summed E-state index contributed by atoms with van der Waals surface area (Å²) in [7, 11) is 0. The molecule has 0 amide bonds. The van der Waals surface area contributed by atoms with E-state index < -0.39 is 5.97 Å². The van der Waals surface area contributed by atoms with Gasteiger partial charge in [0.2, 0.25) is 0 Å². The SMILES string of the molecule is N#Cc1cccc(-c2cc3c(COc4ccccc4CC(=O)O)cccc3o2)c1. The van der Waals surface area contributed by atoms with Crippen molar-refractivity contribution in [1.29, 1.82) is 5.26 Å². The number of nitrogens with zero attached hydrogens (tertiary/aromatic N) is 1. The molecular weight excluding hydrogens is 366 g/mol. The molecule has 0 fully saturated rings. The minimum absolute atomic E-state index is 0.0918. The van der Waals surface area contributed by atoms with Crippen LogP contribution in [-0.2, 0) is 17.8 Å². The molecule has 0 radical (unpaired) electrons. The highest BCUT2D eigenvalue weighted by Gasteiger charge is 2.12. The van der Waals surface area contributed by atoms with Gasteiger partial charge in [-0.15, -0.1) is 0 Å². The number of furan rings is 1. The summed E-state index contributed by atoms with van der Waals surface area (Å²) in [5.74, 6) is 0.329. The highest BCUT2D eigenvalue weighted by atomic mass is 16.5. The van der Waals surface area contributed by atoms with E-state index in [1.807, 2.05) is 42.5 Å². The maximum atomic E-state index is 11.1. The molecule has 3 aromatic carbocycles. The van der Waals surface area contributed by atoms with Crippen molar-refractivity contribution < 1.29 is 19.1 Å². The second kappa shape index (κ2) is 7.91. The summed E-state index contributed by atoms with van der Waals surface area (Å²) >= 11 is 0. The molecule has 0 aliphatic rings. The van der Waals surface area contributed by atoms with Gasteiger partial charge in [0.25, 0.3) is 0 Å². The fraction of sp³-hybridized carbons (Fsp3) is 0.0833. The van der Waals surface area contributed by atoms with Crippen LogP contribution in [-0.4, -0.2) is 11.1 Å². The summed E-state index contributed by atoms with van der Waals surface area (Å²) in [6, 6.07) is 24.2. The monoisotopic (exact) mass is 383 g/mol. The van der Waals surface area contributed by atoms with Crippen LogP contribution in [0.1, 0.15) is 16.7 Å². The fourth-order valence-electron chi connectivity index (χ4n) is 3.24. The molecule has 0 saturated heterocycles. The van der Waals surface area contributed by atoms with E-state index in [0.29, 0.717) is 22.6 Å². The predicted octanol–water partition coefficient (Wildman–Crippen LogP) is 5.18. The van der Waals surface area contributed by atoms with E-state index in [4.69, 9.17) is 19.5 Å². The lowest BCUT2D eigenvalue weighted by Crippen LogP contribution is -2.04. The first kappa shape index (κ1) is 18.3. The van der Waals surface area contributed by atoms with Gasteiger partial charge in [-0.1, -0.05) is 42.5 Å². The first-order valence-corrected chi connectivity index (χ1v) is 9.08. The Kier molecular flexibility index (Phi) is 5.00. The maximum absolute atomic E-state index is 11.1. The molecule has 5 heteroatoms. The van der Waals surface area contributed by atoms with Gasteiger partial charge in [-0.3, -0.25) is 4.79 Å². The number of para-hydroxylation sites is 1. The summed E-state index contributed by atoms with van der Waals surface area (Å²) < 4.78 is 11.9. The van der Waals surface area contributed by atoms with Crippen LogP contribution in [0.4, 0.5) is 0 Å². The Morgan fingerprint density at radius 2 is 1.79 bits per heavy atom. The van der Waals surface area contributed by atoms with E-state index >= 15 is 0 Å². The van der Waals surface area contributed by atoms with Gasteiger partial charge in [0, 0.05) is 22.1 Å². The minimum Gasteiger partial charge on any atom is -0.489 e. The zero-order chi connectivity index (χ0) is 20.2. The molecule has 4 aromatic rings. The van der Waals surface area contributed by atoms with Crippen molar-refractivity contribution in [3.05, 3.63) is 89.5 Å². The smallest absolute Gasteiger partial charge is 0.307 e. The van der Waals surface area contributed by atoms with Crippen LogP contribution in [0.25, 0.3) is 22.3 Å². The molecule has 0 bridgehead atoms. The third-order valence-electron chi connectivity index (χ3n) is 4.63. The summed E-state index contributed by atoms with van der Waals surface area (Å²) in [4.78, 5) is 11.1. The summed E-state index contributed by atoms with van der Waals surface area (Å²) in [5, 5.41) is 19.1. The van der Waals surface area contributed by atoms with E-state index in [2.05, 4.69) is 6.07 Å². The lowest BCUT2D eigenvalue weighted by molar-refractivity contribution is -0.136. The lowest BCUT2D eigenvalue weighted by atomic mass is 10.1. The van der Waals surface area contributed by atoms with E-state index in [9.17, 15) is 4.79 Å². The summed E-state index contributed by atoms with van der Waals surface area (Å²) in [6.07, 6.45) is -0.0918. The van der Waals surface area contributed by atoms with Gasteiger partial charge in [0.15, 0.2) is 0 Å². The molecule has 0 saturated carbocycles. The van der Waals surface area contributed by atoms with Crippen LogP contribution in [0.3, 0.4) is 0 Å². The topological polar surface area (TPSA) is 83.5 Å². The number of hydrogen-bond donors (Lipinski definition) is 1. The number of carbonyl (C=O) groups is 1. The number of benzene rings is 3. The van der Waals surface area contributed by atoms with Crippen LogP contribution in [0.15, 0.2) is 77.2 Å². The Hall–Kier alpha value is -4.04. The van der Waals surface area contributed by atoms with E-state index in [1.54, 1.807) is 30.3 Å². The van der Waals surface area contributed by atoms with Crippen LogP contribution in [0.5, 0.6) is 5.75 Å². The van der Waals surface area contributed by atoms with Gasteiger partial charge >= 0.3 is 5.97 Å². The van der Waals surface area contributed by atoms with Crippen LogP contribution >= 0.6 is 0 Å². The first-order chi connectivity index (χ1) is 14.1. The van der Waals surface area contributed by atoms with Crippen molar-refractivity contribution in [3.8, 4) is 23.1 Å². The van der Waals surface area contributed by atoms with E-state index in [0.717, 1.165) is 22.1 Å². The molecule has 1 N–H and O–H groups in total. The molecule has 29 heavy (non-hydrogen) atoms. The number of hydrogen-bond acceptors (Lipinski definition) is 4. The molecule has 0 unspecified atom stereocenters. The molecular formula is C24H17NO4. The van der Waals surface area contributed by atoms with Crippen LogP contribution < -0.4 is 4.74 Å². The number of carboxylic acids is 1. The zero-order valence-electron chi connectivity index (χ0n) is 15.5. The van der Waals surface area contributed by atoms with Gasteiger partial charge in [0.1, 0.15) is 23.7 Å². The number of ether oxygens (including phenoxy) is 1. The van der Waals surface area contributed by atoms with Crippen LogP contribution in [0.2, 0.25) is 0 Å². The second-order valence-corrected chi connectivity index (χ2v) is 6.60. The van der Waals surface area contributed by atoms with Crippen molar-refractivity contribution in [3.63, 3.8) is 0 Å². The third-order valence-corrected chi connectivity index (χ3v) is 4.63. The van der Waals surface area contributed by atoms with Crippen molar-refractivity contribution in [2.75, 3.05) is 0 Å². The molecule has 1 aromatic heterocycles. The average Bonchev–Trinajstić information content (AvgIpc) is 3.18. The number of aliphatic carboxylic acids is 1. The van der Waals surface area contributed by atoms with Gasteiger partial charge in [-0.25, -0.2) is 0 Å². The maximum Gasteiger partial charge on any atom is 0.307 e. The Bertz CT molecular complexity index is 1230. The number of rotatable bonds is 6. The number of carboxylic acid groups (broad SMARTS) is 1. The third kappa shape index (κ3) is 3.97. The molecule has 1 heterocycles. The molecule has 4 rings (SSSR count). The Morgan fingerprint density at radius 1 is 1.00 bits per heavy atom. The van der Waals surface area contributed by atoms with E-state index in [1.165, 1.54) is 0 Å². The molecule has 142 valence electrons. The van der Waals surface area contributed by atoms with Gasteiger partial charge in [-0.2, -0.15) is 5.26 Å². The van der Waals surface area contributed by atoms with Gasteiger partial charge in [-0.05, 0) is 30.3 Å². The standard InChI is InChI=1S/C24H17NO4/c25-14-16-5-3-7-17(11-16)23-13-20-19(8-4-10-22(20)29-23)15-28-21-9-2-1-6-18(21)12-24(26)27/h1-11,13H,12,15H2,(H,26,27). The molecule has 0 aliphatic carbocycles. The summed E-state index contributed by atoms with van der Waals surface area (Å²) in [5.41, 5.74) is 3.69. The van der Waals surface area contributed by atoms with Gasteiger partial charge in [0.05, 0.1) is 18.1 Å². The van der Waals surface area contributed by atoms with Crippen molar-refractivity contribution in [1.82, 2.24) is 0 Å². The quantitative estimate of drug-likeness (QED) is 0.496. The Morgan fingerprint density at radius 3 is 2.62 bits per heavy atom. The lowest BCUT2D eigenvalue weighted by Gasteiger charge is -2.10. The average molecular weight is 383 g/mol. The minimum atomic E-state index is -0.901. The highest BCUT2D eigenvalue weighted by molar-refractivity contribution is 5.86. The number of fused-ring (bicyclic) bond motifs is 1. The molecule has 5 nitrogen and oxygen atoms in total. The normalized spacial score (nSPS) is 10.6. The molecule has 0 aliphatic heterocycles. The summed E-state index contributed by atoms with van der Waals surface area (Å²) in [6.45, 7) is 0.283. The first-order valence-electron chi connectivity index (χ1n) is 9.08. The highest BCUT2D eigenvalue weighted by Crippen LogP contribution is 2.31. The van der Waals surface area contributed by atoms with Crippen molar-refractivity contribution in [2.24, 2.45) is 0 Å². The van der Waals surface area contributed by atoms with Gasteiger partial charge < -0.3 is 14.3 Å². The van der Waals surface area contributed by atoms with Crippen LogP contribution in [0, 0.1) is 11.3 Å². The van der Waals surface area contributed by atoms with Crippen molar-refractivity contribution >= 4 is 16.9 Å². The largest absolute Gasteiger partial charge is 0.489 e. The molecule has 0 atom stereocenters. The Balaban J connectivity index is 1.63. The van der Waals surface area contributed by atoms with Crippen molar-refractivity contribution in [2.45, 2.75) is 13.0 Å². The Labute approximate surface area is 167 Å². The van der Waals surface area contributed by atoms with E-state index in [-0.39, 0.29) is 13.0 Å². The second-order valence-electron chi connectivity index (χ2n) is 6.60. The number of nitriles is 1. The zero-order valence-corrected chi connectivity index (χ0v) is 15.5. The molecule has 0 spiro atoms.